The van der Waals surface area contributed by atoms with E-state index < -0.39 is 0 Å². The Bertz CT molecular complexity index is 386. The van der Waals surface area contributed by atoms with E-state index in [2.05, 4.69) is 10.9 Å². The first-order valence-corrected chi connectivity index (χ1v) is 4.67. The minimum Gasteiger partial charge on any atom is -0.241 e. The first kappa shape index (κ1) is 8.59. The second kappa shape index (κ2) is 2.75. The largest absolute Gasteiger partial charge is 0.241 e. The third-order valence-electron chi connectivity index (χ3n) is 2.53. The number of aryl methyl sites for hydroxylation is 1. The first-order valence-electron chi connectivity index (χ1n) is 4.29. The number of rotatable bonds is 1. The zero-order valence-corrected chi connectivity index (χ0v) is 8.23. The summed E-state index contributed by atoms with van der Waals surface area (Å²) < 4.78 is 0. The second-order valence-corrected chi connectivity index (χ2v) is 3.88. The Kier molecular flexibility index (Phi) is 1.82. The van der Waals surface area contributed by atoms with E-state index in [4.69, 9.17) is 18.0 Å². The summed E-state index contributed by atoms with van der Waals surface area (Å²) in [5.41, 5.74) is 1.85. The van der Waals surface area contributed by atoms with E-state index in [9.17, 15) is 0 Å². The van der Waals surface area contributed by atoms with Crippen molar-refractivity contribution in [3.63, 3.8) is 0 Å². The van der Waals surface area contributed by atoms with Crippen LogP contribution in [0.25, 0.3) is 0 Å². The maximum Gasteiger partial charge on any atom is 0.134 e. The van der Waals surface area contributed by atoms with Crippen LogP contribution >= 0.6 is 11.6 Å². The van der Waals surface area contributed by atoms with Gasteiger partial charge < -0.3 is 0 Å². The van der Waals surface area contributed by atoms with Gasteiger partial charge in [-0.2, -0.15) is 0 Å². The summed E-state index contributed by atoms with van der Waals surface area (Å²) in [6.07, 6.45) is 7.54. The van der Waals surface area contributed by atoms with E-state index in [-0.39, 0.29) is 5.41 Å². The average molecular weight is 192 g/mol. The molecule has 0 aliphatic heterocycles. The summed E-state index contributed by atoms with van der Waals surface area (Å²) in [6, 6.07) is 3.95. The molecule has 1 fully saturated rings. The van der Waals surface area contributed by atoms with Gasteiger partial charge in [-0.3, -0.25) is 0 Å². The van der Waals surface area contributed by atoms with Crippen LogP contribution in [-0.2, 0) is 5.41 Å². The van der Waals surface area contributed by atoms with E-state index >= 15 is 0 Å². The molecule has 0 unspecified atom stereocenters. The zero-order valence-electron chi connectivity index (χ0n) is 7.47. The number of hydrogen-bond acceptors (Lipinski definition) is 1. The van der Waals surface area contributed by atoms with Crippen molar-refractivity contribution in [2.75, 3.05) is 0 Å². The van der Waals surface area contributed by atoms with E-state index in [1.807, 2.05) is 19.1 Å². The minimum absolute atomic E-state index is 0.0994. The summed E-state index contributed by atoms with van der Waals surface area (Å²) in [4.78, 5) is 4.20. The maximum atomic E-state index is 6.03. The summed E-state index contributed by atoms with van der Waals surface area (Å²) in [6.45, 7) is 1.92. The van der Waals surface area contributed by atoms with Crippen molar-refractivity contribution >= 4 is 11.6 Å². The Labute approximate surface area is 83.1 Å². The number of halogens is 1. The Morgan fingerprint density at radius 3 is 2.69 bits per heavy atom. The van der Waals surface area contributed by atoms with Gasteiger partial charge in [-0.15, -0.1) is 6.42 Å². The highest BCUT2D eigenvalue weighted by atomic mass is 35.5. The van der Waals surface area contributed by atoms with Crippen LogP contribution in [0, 0.1) is 19.3 Å². The van der Waals surface area contributed by atoms with Crippen LogP contribution in [-0.4, -0.2) is 4.98 Å². The summed E-state index contributed by atoms with van der Waals surface area (Å²) >= 11 is 6.03. The lowest BCUT2D eigenvalue weighted by Crippen LogP contribution is -2.04. The molecular formula is C11H10ClN. The Morgan fingerprint density at radius 1 is 1.54 bits per heavy atom. The fourth-order valence-corrected chi connectivity index (χ4v) is 1.88. The quantitative estimate of drug-likeness (QED) is 0.491. The highest BCUT2D eigenvalue weighted by molar-refractivity contribution is 6.30. The lowest BCUT2D eigenvalue weighted by atomic mass is 9.99. The molecule has 0 amide bonds. The third kappa shape index (κ3) is 1.32. The van der Waals surface area contributed by atoms with Gasteiger partial charge in [-0.05, 0) is 25.8 Å². The fourth-order valence-electron chi connectivity index (χ4n) is 1.50. The van der Waals surface area contributed by atoms with Crippen LogP contribution in [0.5, 0.6) is 0 Å². The zero-order chi connectivity index (χ0) is 9.47. The molecule has 13 heavy (non-hydrogen) atoms. The van der Waals surface area contributed by atoms with Crippen molar-refractivity contribution in [2.24, 2.45) is 0 Å². The van der Waals surface area contributed by atoms with Crippen LogP contribution in [0.2, 0.25) is 5.15 Å². The van der Waals surface area contributed by atoms with Crippen LogP contribution in [0.3, 0.4) is 0 Å². The molecule has 0 aromatic carbocycles. The van der Waals surface area contributed by atoms with Crippen molar-refractivity contribution in [1.29, 1.82) is 0 Å². The average Bonchev–Trinajstić information content (AvgIpc) is 2.85. The van der Waals surface area contributed by atoms with Crippen molar-refractivity contribution in [1.82, 2.24) is 4.98 Å². The molecule has 0 bridgehead atoms. The van der Waals surface area contributed by atoms with Gasteiger partial charge >= 0.3 is 0 Å². The molecule has 0 radical (unpaired) electrons. The van der Waals surface area contributed by atoms with E-state index in [1.54, 1.807) is 0 Å². The predicted molar refractivity (Wildman–Crippen MR) is 53.7 cm³/mol. The molecule has 0 atom stereocenters. The normalized spacial score (nSPS) is 17.9. The standard InChI is InChI=1S/C11H10ClN/c1-3-11(6-7-11)9-5-4-8(2)13-10(9)12/h1,4-5H,6-7H2,2H3. The fraction of sp³-hybridized carbons (Fsp3) is 0.364. The van der Waals surface area contributed by atoms with Gasteiger partial charge in [-0.25, -0.2) is 4.98 Å². The van der Waals surface area contributed by atoms with Gasteiger partial charge in [0.2, 0.25) is 0 Å². The minimum atomic E-state index is -0.0994. The molecule has 0 N–H and O–H groups in total. The molecule has 1 saturated carbocycles. The molecule has 1 aromatic heterocycles. The molecule has 0 saturated heterocycles. The molecule has 66 valence electrons. The van der Waals surface area contributed by atoms with Crippen LogP contribution in [0.4, 0.5) is 0 Å². The van der Waals surface area contributed by atoms with Crippen LogP contribution in [0.15, 0.2) is 12.1 Å². The van der Waals surface area contributed by atoms with Gasteiger partial charge in [0.1, 0.15) is 5.15 Å². The van der Waals surface area contributed by atoms with E-state index in [0.717, 1.165) is 24.1 Å². The number of nitrogens with zero attached hydrogens (tertiary/aromatic N) is 1. The lowest BCUT2D eigenvalue weighted by Gasteiger charge is -2.09. The summed E-state index contributed by atoms with van der Waals surface area (Å²) in [5.74, 6) is 2.80. The van der Waals surface area contributed by atoms with Gasteiger partial charge in [0.05, 0.1) is 5.41 Å². The molecule has 1 aromatic rings. The third-order valence-corrected chi connectivity index (χ3v) is 2.82. The monoisotopic (exact) mass is 191 g/mol. The summed E-state index contributed by atoms with van der Waals surface area (Å²) in [5, 5.41) is 0.565. The molecule has 0 spiro atoms. The number of hydrogen-bond donors (Lipinski definition) is 0. The van der Waals surface area contributed by atoms with Gasteiger partial charge in [0.25, 0.3) is 0 Å². The second-order valence-electron chi connectivity index (χ2n) is 3.52. The Hall–Kier alpha value is -1.00. The molecule has 1 aliphatic rings. The van der Waals surface area contributed by atoms with Gasteiger partial charge in [0, 0.05) is 11.3 Å². The smallest absolute Gasteiger partial charge is 0.134 e. The van der Waals surface area contributed by atoms with Crippen molar-refractivity contribution < 1.29 is 0 Å². The molecule has 2 heteroatoms. The highest BCUT2D eigenvalue weighted by Gasteiger charge is 2.44. The van der Waals surface area contributed by atoms with E-state index in [1.165, 1.54) is 0 Å². The summed E-state index contributed by atoms with van der Waals surface area (Å²) in [7, 11) is 0. The maximum absolute atomic E-state index is 6.03. The SMILES string of the molecule is C#CC1(c2ccc(C)nc2Cl)CC1. The predicted octanol–water partition coefficient (Wildman–Crippen LogP) is 2.71. The highest BCUT2D eigenvalue weighted by Crippen LogP contribution is 2.49. The van der Waals surface area contributed by atoms with Crippen LogP contribution in [0.1, 0.15) is 24.1 Å². The van der Waals surface area contributed by atoms with Gasteiger partial charge in [0.15, 0.2) is 0 Å². The first-order chi connectivity index (χ1) is 6.18. The lowest BCUT2D eigenvalue weighted by molar-refractivity contribution is 0.913. The number of terminal acetylenes is 1. The van der Waals surface area contributed by atoms with E-state index in [0.29, 0.717) is 5.15 Å². The molecule has 2 rings (SSSR count). The molecule has 1 heterocycles. The van der Waals surface area contributed by atoms with Crippen molar-refractivity contribution in [3.8, 4) is 12.3 Å². The Balaban J connectivity index is 2.48. The van der Waals surface area contributed by atoms with Crippen LogP contribution < -0.4 is 0 Å². The van der Waals surface area contributed by atoms with Crippen molar-refractivity contribution in [2.45, 2.75) is 25.2 Å². The topological polar surface area (TPSA) is 12.9 Å². The number of pyridine rings is 1. The molecule has 1 nitrogen and oxygen atoms in total. The van der Waals surface area contributed by atoms with Crippen molar-refractivity contribution in [3.05, 3.63) is 28.5 Å². The molecular weight excluding hydrogens is 182 g/mol. The Morgan fingerprint density at radius 2 is 2.23 bits per heavy atom. The number of aromatic nitrogens is 1. The molecule has 1 aliphatic carbocycles. The van der Waals surface area contributed by atoms with Gasteiger partial charge in [-0.1, -0.05) is 23.6 Å².